The summed E-state index contributed by atoms with van der Waals surface area (Å²) in [5.41, 5.74) is 2.52. The number of benzene rings is 1. The summed E-state index contributed by atoms with van der Waals surface area (Å²) in [5.74, 6) is 1.61. The van der Waals surface area contributed by atoms with Crippen LogP contribution in [0.5, 0.6) is 5.75 Å². The van der Waals surface area contributed by atoms with E-state index < -0.39 is 5.41 Å². The second-order valence-electron chi connectivity index (χ2n) is 8.02. The minimum Gasteiger partial charge on any atom is -0.497 e. The van der Waals surface area contributed by atoms with Gasteiger partial charge >= 0.3 is 0 Å². The first-order chi connectivity index (χ1) is 13.1. The lowest BCUT2D eigenvalue weighted by Crippen LogP contribution is -2.50. The number of carbonyl (C=O) groups excluding carboxylic acids is 1. The number of ether oxygens (including phenoxy) is 2. The second kappa shape index (κ2) is 6.06. The van der Waals surface area contributed by atoms with E-state index in [-0.39, 0.29) is 18.1 Å². The highest BCUT2D eigenvalue weighted by Crippen LogP contribution is 2.56. The van der Waals surface area contributed by atoms with E-state index in [0.29, 0.717) is 24.2 Å². The topological polar surface area (TPSA) is 60.0 Å². The number of hydrogen-bond donors (Lipinski definition) is 1. The zero-order chi connectivity index (χ0) is 18.8. The van der Waals surface area contributed by atoms with Gasteiger partial charge in [-0.25, -0.2) is 0 Å². The van der Waals surface area contributed by atoms with Crippen molar-refractivity contribution in [3.8, 4) is 5.75 Å². The molecule has 1 amide bonds. The molecule has 1 spiro atoms. The number of allylic oxidation sites excluding steroid dienone is 1. The van der Waals surface area contributed by atoms with Crippen molar-refractivity contribution < 1.29 is 19.1 Å². The number of rotatable bonds is 2. The maximum Gasteiger partial charge on any atom is 0.264 e. The molecule has 4 bridgehead atoms. The molecule has 0 unspecified atom stereocenters. The lowest BCUT2D eigenvalue weighted by molar-refractivity contribution is -0.137. The fraction of sp³-hybridized carbons (Fsp3) is 0.571. The van der Waals surface area contributed by atoms with E-state index in [1.54, 1.807) is 14.2 Å². The Hall–Kier alpha value is -1.89. The summed E-state index contributed by atoms with van der Waals surface area (Å²) in [4.78, 5) is 19.2. The zero-order valence-electron chi connectivity index (χ0n) is 16.0. The van der Waals surface area contributed by atoms with Crippen LogP contribution in [0, 0.1) is 11.8 Å². The Labute approximate surface area is 159 Å². The average molecular weight is 370 g/mol. The number of hydrogen-bond acceptors (Lipinski definition) is 5. The van der Waals surface area contributed by atoms with Crippen LogP contribution in [0.25, 0.3) is 0 Å². The van der Waals surface area contributed by atoms with E-state index in [9.17, 15) is 4.79 Å². The molecule has 6 heteroatoms. The standard InChI is InChI=1S/C21H26N2O4/c1-4-12-10-22-17-9-21(19-8-14(12)15(17)11-27-19)16-6-5-13(25-2)7-18(16)23(26-3)20(21)24/h4-7,14-15,17,19,22H,8-11H2,1-3H3/t14-,15-,17-,19+,21-/m0/s1. The molecule has 0 aromatic heterocycles. The van der Waals surface area contributed by atoms with Gasteiger partial charge in [-0.05, 0) is 37.3 Å². The van der Waals surface area contributed by atoms with E-state index >= 15 is 0 Å². The molecule has 1 N–H and O–H groups in total. The van der Waals surface area contributed by atoms with Crippen molar-refractivity contribution in [3.63, 3.8) is 0 Å². The van der Waals surface area contributed by atoms with Gasteiger partial charge < -0.3 is 14.8 Å². The van der Waals surface area contributed by atoms with Gasteiger partial charge in [0.1, 0.15) is 11.2 Å². The highest BCUT2D eigenvalue weighted by Gasteiger charge is 2.63. The van der Waals surface area contributed by atoms with Gasteiger partial charge in [-0.1, -0.05) is 17.7 Å². The van der Waals surface area contributed by atoms with Gasteiger partial charge in [0.2, 0.25) is 0 Å². The van der Waals surface area contributed by atoms with Crippen molar-refractivity contribution in [2.24, 2.45) is 11.8 Å². The molecule has 4 heterocycles. The Balaban J connectivity index is 1.67. The van der Waals surface area contributed by atoms with Crippen LogP contribution in [-0.2, 0) is 19.8 Å². The van der Waals surface area contributed by atoms with Crippen LogP contribution in [0.4, 0.5) is 5.69 Å². The molecule has 1 aromatic carbocycles. The molecular formula is C21H26N2O4. The monoisotopic (exact) mass is 370 g/mol. The molecule has 144 valence electrons. The number of fused-ring (bicyclic) bond motifs is 2. The predicted octanol–water partition coefficient (Wildman–Crippen LogP) is 2.18. The minimum atomic E-state index is -0.706. The van der Waals surface area contributed by atoms with Crippen LogP contribution in [0.3, 0.4) is 0 Å². The van der Waals surface area contributed by atoms with E-state index in [1.165, 1.54) is 10.6 Å². The normalized spacial score (nSPS) is 38.4. The molecular weight excluding hydrogens is 344 g/mol. The molecule has 0 radical (unpaired) electrons. The number of nitrogens with zero attached hydrogens (tertiary/aromatic N) is 1. The highest BCUT2D eigenvalue weighted by molar-refractivity contribution is 6.07. The Morgan fingerprint density at radius 2 is 2.22 bits per heavy atom. The van der Waals surface area contributed by atoms with Crippen molar-refractivity contribution in [3.05, 3.63) is 35.4 Å². The number of hydroxylamine groups is 1. The van der Waals surface area contributed by atoms with E-state index in [0.717, 1.165) is 30.6 Å². The average Bonchev–Trinajstić information content (AvgIpc) is 2.80. The van der Waals surface area contributed by atoms with Gasteiger partial charge in [0.05, 0.1) is 32.6 Å². The van der Waals surface area contributed by atoms with Crippen molar-refractivity contribution in [2.45, 2.75) is 37.3 Å². The first kappa shape index (κ1) is 17.2. The largest absolute Gasteiger partial charge is 0.497 e. The number of piperidine rings is 1. The van der Waals surface area contributed by atoms with Crippen molar-refractivity contribution in [2.75, 3.05) is 32.4 Å². The quantitative estimate of drug-likeness (QED) is 0.809. The summed E-state index contributed by atoms with van der Waals surface area (Å²) < 4.78 is 11.7. The summed E-state index contributed by atoms with van der Waals surface area (Å²) in [7, 11) is 3.18. The molecule has 5 atom stereocenters. The maximum atomic E-state index is 13.7. The summed E-state index contributed by atoms with van der Waals surface area (Å²) >= 11 is 0. The van der Waals surface area contributed by atoms with Crippen LogP contribution in [0.1, 0.15) is 25.3 Å². The van der Waals surface area contributed by atoms with Crippen LogP contribution in [-0.4, -0.2) is 45.4 Å². The summed E-state index contributed by atoms with van der Waals surface area (Å²) in [6.07, 6.45) is 3.72. The van der Waals surface area contributed by atoms with Gasteiger partial charge in [-0.2, -0.15) is 5.06 Å². The summed E-state index contributed by atoms with van der Waals surface area (Å²) in [6, 6.07) is 6.11. The lowest BCUT2D eigenvalue weighted by Gasteiger charge is -2.42. The van der Waals surface area contributed by atoms with Crippen molar-refractivity contribution >= 4 is 11.6 Å². The Bertz CT molecular complexity index is 822. The molecule has 5 aliphatic rings. The van der Waals surface area contributed by atoms with Crippen LogP contribution < -0.4 is 15.1 Å². The molecule has 6 rings (SSSR count). The number of carbonyl (C=O) groups is 1. The molecule has 1 aliphatic carbocycles. The molecule has 4 fully saturated rings. The van der Waals surface area contributed by atoms with Crippen molar-refractivity contribution in [1.82, 2.24) is 5.32 Å². The zero-order valence-corrected chi connectivity index (χ0v) is 16.0. The first-order valence-electron chi connectivity index (χ1n) is 9.71. The first-order valence-corrected chi connectivity index (χ1v) is 9.71. The molecule has 4 aliphatic heterocycles. The minimum absolute atomic E-state index is 0.0183. The van der Waals surface area contributed by atoms with Gasteiger partial charge in [-0.15, -0.1) is 0 Å². The second-order valence-corrected chi connectivity index (χ2v) is 8.02. The fourth-order valence-corrected chi connectivity index (χ4v) is 5.81. The fourth-order valence-electron chi connectivity index (χ4n) is 5.81. The highest BCUT2D eigenvalue weighted by atomic mass is 16.7. The van der Waals surface area contributed by atoms with Gasteiger partial charge in [0.15, 0.2) is 0 Å². The Kier molecular flexibility index (Phi) is 3.86. The molecule has 1 aromatic rings. The predicted molar refractivity (Wildman–Crippen MR) is 101 cm³/mol. The number of amides is 1. The maximum absolute atomic E-state index is 13.7. The molecule has 6 nitrogen and oxygen atoms in total. The SMILES string of the molecule is CC=C1CN[C@H]2C[C@@]3(C(=O)N(OC)c4cc(OC)ccc43)[C@H]3C[C@@H]1[C@@H]2CO3. The third kappa shape index (κ3) is 2.15. The Morgan fingerprint density at radius 1 is 1.37 bits per heavy atom. The van der Waals surface area contributed by atoms with Gasteiger partial charge in [0.25, 0.3) is 5.91 Å². The van der Waals surface area contributed by atoms with Gasteiger partial charge in [0, 0.05) is 24.6 Å². The smallest absolute Gasteiger partial charge is 0.264 e. The lowest BCUT2D eigenvalue weighted by atomic mass is 9.72. The van der Waals surface area contributed by atoms with Gasteiger partial charge in [-0.3, -0.25) is 9.63 Å². The van der Waals surface area contributed by atoms with Crippen molar-refractivity contribution in [1.29, 1.82) is 0 Å². The van der Waals surface area contributed by atoms with Crippen LogP contribution >= 0.6 is 0 Å². The van der Waals surface area contributed by atoms with E-state index in [2.05, 4.69) is 18.3 Å². The molecule has 3 saturated heterocycles. The third-order valence-corrected chi connectivity index (χ3v) is 7.15. The van der Waals surface area contributed by atoms with Crippen LogP contribution in [0.15, 0.2) is 29.8 Å². The number of anilines is 1. The van der Waals surface area contributed by atoms with E-state index in [4.69, 9.17) is 14.3 Å². The summed E-state index contributed by atoms with van der Waals surface area (Å²) in [6.45, 7) is 3.72. The number of methoxy groups -OCH3 is 1. The Morgan fingerprint density at radius 3 is 2.96 bits per heavy atom. The summed E-state index contributed by atoms with van der Waals surface area (Å²) in [5, 5.41) is 5.12. The van der Waals surface area contributed by atoms with Crippen LogP contribution in [0.2, 0.25) is 0 Å². The van der Waals surface area contributed by atoms with E-state index in [1.807, 2.05) is 18.2 Å². The molecule has 27 heavy (non-hydrogen) atoms. The number of nitrogens with one attached hydrogen (secondary N) is 1. The third-order valence-electron chi connectivity index (χ3n) is 7.15. The molecule has 1 saturated carbocycles.